The van der Waals surface area contributed by atoms with Crippen LogP contribution in [0.2, 0.25) is 0 Å². The molecule has 1 aromatic carbocycles. The first-order chi connectivity index (χ1) is 8.45. The van der Waals surface area contributed by atoms with Crippen LogP contribution in [0.25, 0.3) is 0 Å². The Kier molecular flexibility index (Phi) is 4.41. The van der Waals surface area contributed by atoms with Crippen LogP contribution in [0, 0.1) is 22.9 Å². The highest BCUT2D eigenvalue weighted by Crippen LogP contribution is 2.26. The smallest absolute Gasteiger partial charge is 0.275 e. The zero-order chi connectivity index (χ0) is 13.7. The molecule has 7 nitrogen and oxygen atoms in total. The van der Waals surface area contributed by atoms with E-state index in [1.807, 2.05) is 0 Å². The lowest BCUT2D eigenvalue weighted by molar-refractivity contribution is -0.385. The van der Waals surface area contributed by atoms with Gasteiger partial charge in [0.1, 0.15) is 5.84 Å². The molecule has 0 radical (unpaired) electrons. The molecule has 18 heavy (non-hydrogen) atoms. The highest BCUT2D eigenvalue weighted by Gasteiger charge is 2.16. The molecule has 0 amide bonds. The number of hydrogen-bond donors (Lipinski definition) is 2. The van der Waals surface area contributed by atoms with Crippen molar-refractivity contribution in [1.29, 1.82) is 0 Å². The van der Waals surface area contributed by atoms with Crippen LogP contribution in [-0.4, -0.2) is 22.6 Å². The normalized spacial score (nSPS) is 11.3. The minimum Gasteiger partial charge on any atom is -0.490 e. The lowest BCUT2D eigenvalue weighted by Crippen LogP contribution is -2.15. The van der Waals surface area contributed by atoms with Crippen LogP contribution in [0.4, 0.5) is 10.1 Å². The van der Waals surface area contributed by atoms with Crippen molar-refractivity contribution < 1.29 is 19.3 Å². The fourth-order valence-corrected chi connectivity index (χ4v) is 1.27. The Bertz CT molecular complexity index is 490. The number of rotatable bonds is 5. The van der Waals surface area contributed by atoms with E-state index in [0.29, 0.717) is 5.56 Å². The van der Waals surface area contributed by atoms with Gasteiger partial charge in [-0.2, -0.15) is 0 Å². The van der Waals surface area contributed by atoms with Crippen molar-refractivity contribution in [3.63, 3.8) is 0 Å². The summed E-state index contributed by atoms with van der Waals surface area (Å²) in [6, 6.07) is 2.04. The van der Waals surface area contributed by atoms with Gasteiger partial charge < -0.3 is 15.7 Å². The Balaban J connectivity index is 2.79. The van der Waals surface area contributed by atoms with E-state index in [2.05, 4.69) is 5.16 Å². The van der Waals surface area contributed by atoms with E-state index in [9.17, 15) is 14.5 Å². The van der Waals surface area contributed by atoms with Crippen molar-refractivity contribution in [3.8, 4) is 5.75 Å². The maximum Gasteiger partial charge on any atom is 0.275 e. The summed E-state index contributed by atoms with van der Waals surface area (Å²) < 4.78 is 18.5. The minimum absolute atomic E-state index is 0.00403. The Hall–Kier alpha value is -2.38. The molecule has 0 aliphatic carbocycles. The molecule has 1 aromatic rings. The summed E-state index contributed by atoms with van der Waals surface area (Å²) in [5.41, 5.74) is 5.19. The highest BCUT2D eigenvalue weighted by molar-refractivity contribution is 5.79. The molecule has 3 N–H and O–H groups in total. The van der Waals surface area contributed by atoms with Crippen LogP contribution in [0.3, 0.4) is 0 Å². The first-order valence-corrected chi connectivity index (χ1v) is 4.99. The van der Waals surface area contributed by atoms with Crippen LogP contribution in [0.5, 0.6) is 5.75 Å². The van der Waals surface area contributed by atoms with Crippen molar-refractivity contribution in [3.05, 3.63) is 33.6 Å². The standard InChI is InChI=1S/C10H12FN3O4/c1-6-4-9(18-3-2-10(12)13-15)7(11)5-8(6)14(16)17/h4-5,15H,2-3H2,1H3,(H2,12,13). The van der Waals surface area contributed by atoms with Crippen LogP contribution in [0.15, 0.2) is 17.3 Å². The lowest BCUT2D eigenvalue weighted by atomic mass is 10.2. The Labute approximate surface area is 102 Å². The van der Waals surface area contributed by atoms with E-state index >= 15 is 0 Å². The molecule has 0 heterocycles. The maximum atomic E-state index is 13.5. The molecule has 0 aliphatic heterocycles. The molecule has 98 valence electrons. The maximum absolute atomic E-state index is 13.5. The van der Waals surface area contributed by atoms with Crippen LogP contribution in [0.1, 0.15) is 12.0 Å². The number of nitro groups is 1. The number of nitrogens with zero attached hydrogens (tertiary/aromatic N) is 2. The molecule has 0 spiro atoms. The van der Waals surface area contributed by atoms with Crippen molar-refractivity contribution in [2.24, 2.45) is 10.9 Å². The molecule has 0 saturated carbocycles. The van der Waals surface area contributed by atoms with Gasteiger partial charge in [-0.15, -0.1) is 0 Å². The Morgan fingerprint density at radius 3 is 2.89 bits per heavy atom. The van der Waals surface area contributed by atoms with E-state index < -0.39 is 10.7 Å². The second kappa shape index (κ2) is 5.80. The van der Waals surface area contributed by atoms with Gasteiger partial charge in [0.05, 0.1) is 17.6 Å². The predicted molar refractivity (Wildman–Crippen MR) is 61.3 cm³/mol. The van der Waals surface area contributed by atoms with Gasteiger partial charge in [-0.3, -0.25) is 10.1 Å². The number of nitro benzene ring substituents is 1. The third kappa shape index (κ3) is 3.30. The van der Waals surface area contributed by atoms with Crippen LogP contribution < -0.4 is 10.5 Å². The molecule has 0 aromatic heterocycles. The average molecular weight is 257 g/mol. The van der Waals surface area contributed by atoms with Gasteiger partial charge in [0, 0.05) is 12.0 Å². The van der Waals surface area contributed by atoms with Crippen molar-refractivity contribution in [2.45, 2.75) is 13.3 Å². The Morgan fingerprint density at radius 1 is 1.67 bits per heavy atom. The quantitative estimate of drug-likeness (QED) is 0.273. The van der Waals surface area contributed by atoms with Crippen molar-refractivity contribution in [1.82, 2.24) is 0 Å². The lowest BCUT2D eigenvalue weighted by Gasteiger charge is -2.07. The first-order valence-electron chi connectivity index (χ1n) is 4.99. The second-order valence-corrected chi connectivity index (χ2v) is 3.52. The van der Waals surface area contributed by atoms with Crippen molar-refractivity contribution in [2.75, 3.05) is 6.61 Å². The predicted octanol–water partition coefficient (Wildman–Crippen LogP) is 1.56. The minimum atomic E-state index is -0.827. The molecule has 0 saturated heterocycles. The average Bonchev–Trinajstić information content (AvgIpc) is 2.32. The number of benzene rings is 1. The SMILES string of the molecule is Cc1cc(OCC/C(N)=N/O)c(F)cc1[N+](=O)[O-]. The topological polar surface area (TPSA) is 111 Å². The van der Waals surface area contributed by atoms with Gasteiger partial charge >= 0.3 is 0 Å². The molecule has 0 unspecified atom stereocenters. The summed E-state index contributed by atoms with van der Waals surface area (Å²) in [5, 5.41) is 21.6. The van der Waals surface area contributed by atoms with Gasteiger partial charge in [-0.05, 0) is 13.0 Å². The van der Waals surface area contributed by atoms with Crippen LogP contribution in [-0.2, 0) is 0 Å². The number of aryl methyl sites for hydroxylation is 1. The summed E-state index contributed by atoms with van der Waals surface area (Å²) in [6.07, 6.45) is 0.117. The summed E-state index contributed by atoms with van der Waals surface area (Å²) in [5.74, 6) is -0.982. The molecule has 0 aliphatic rings. The molecule has 0 bridgehead atoms. The van der Waals surface area contributed by atoms with Crippen molar-refractivity contribution >= 4 is 11.5 Å². The zero-order valence-electron chi connectivity index (χ0n) is 9.59. The highest BCUT2D eigenvalue weighted by atomic mass is 19.1. The fourth-order valence-electron chi connectivity index (χ4n) is 1.27. The number of amidine groups is 1. The van der Waals surface area contributed by atoms with Crippen LogP contribution >= 0.6 is 0 Å². The summed E-state index contributed by atoms with van der Waals surface area (Å²) in [7, 11) is 0. The summed E-state index contributed by atoms with van der Waals surface area (Å²) in [6.45, 7) is 1.48. The number of oxime groups is 1. The van der Waals surface area contributed by atoms with Gasteiger partial charge in [0.2, 0.25) is 0 Å². The van der Waals surface area contributed by atoms with E-state index in [-0.39, 0.29) is 30.3 Å². The monoisotopic (exact) mass is 257 g/mol. The molecule has 0 fully saturated rings. The third-order valence-corrected chi connectivity index (χ3v) is 2.19. The number of nitrogens with two attached hydrogens (primary N) is 1. The number of halogens is 1. The Morgan fingerprint density at radius 2 is 2.33 bits per heavy atom. The molecule has 0 atom stereocenters. The number of ether oxygens (including phenoxy) is 1. The van der Waals surface area contributed by atoms with E-state index in [0.717, 1.165) is 6.07 Å². The first kappa shape index (κ1) is 13.7. The van der Waals surface area contributed by atoms with E-state index in [4.69, 9.17) is 15.7 Å². The van der Waals surface area contributed by atoms with Gasteiger partial charge in [-0.1, -0.05) is 5.16 Å². The van der Waals surface area contributed by atoms with Gasteiger partial charge in [-0.25, -0.2) is 4.39 Å². The molecule has 8 heteroatoms. The molecular weight excluding hydrogens is 245 g/mol. The third-order valence-electron chi connectivity index (χ3n) is 2.19. The van der Waals surface area contributed by atoms with Gasteiger partial charge in [0.15, 0.2) is 11.6 Å². The number of hydrogen-bond acceptors (Lipinski definition) is 5. The van der Waals surface area contributed by atoms with Gasteiger partial charge in [0.25, 0.3) is 5.69 Å². The van der Waals surface area contributed by atoms with E-state index in [1.54, 1.807) is 0 Å². The second-order valence-electron chi connectivity index (χ2n) is 3.52. The van der Waals surface area contributed by atoms with E-state index in [1.165, 1.54) is 13.0 Å². The summed E-state index contributed by atoms with van der Waals surface area (Å²) >= 11 is 0. The largest absolute Gasteiger partial charge is 0.490 e. The molecular formula is C10H12FN3O4. The fraction of sp³-hybridized carbons (Fsp3) is 0.300. The molecule has 1 rings (SSSR count). The summed E-state index contributed by atoms with van der Waals surface area (Å²) in [4.78, 5) is 9.90. The zero-order valence-corrected chi connectivity index (χ0v) is 9.59.